The Hall–Kier alpha value is -2.74. The first-order valence-corrected chi connectivity index (χ1v) is 7.23. The van der Waals surface area contributed by atoms with Crippen LogP contribution in [0.3, 0.4) is 0 Å². The summed E-state index contributed by atoms with van der Waals surface area (Å²) < 4.78 is 2.38. The Kier molecular flexibility index (Phi) is 1.92. The first-order valence-electron chi connectivity index (χ1n) is 7.23. The van der Waals surface area contributed by atoms with E-state index in [2.05, 4.69) is 77.5 Å². The van der Waals surface area contributed by atoms with Gasteiger partial charge < -0.3 is 9.88 Å². The maximum Gasteiger partial charge on any atom is 0.0777 e. The normalized spacial score (nSPS) is 12.4. The third-order valence-corrected chi connectivity index (χ3v) is 4.36. The van der Waals surface area contributed by atoms with Crippen molar-refractivity contribution in [3.63, 3.8) is 0 Å². The van der Waals surface area contributed by atoms with E-state index in [0.29, 0.717) is 0 Å². The van der Waals surface area contributed by atoms with E-state index in [1.807, 2.05) is 0 Å². The van der Waals surface area contributed by atoms with E-state index in [-0.39, 0.29) is 0 Å². The van der Waals surface area contributed by atoms with Gasteiger partial charge in [0.2, 0.25) is 0 Å². The van der Waals surface area contributed by atoms with Crippen molar-refractivity contribution in [2.24, 2.45) is 0 Å². The molecule has 1 aromatic heterocycles. The molecule has 4 aromatic rings. The Morgan fingerprint density at radius 3 is 2.62 bits per heavy atom. The fourth-order valence-electron chi connectivity index (χ4n) is 3.45. The Morgan fingerprint density at radius 1 is 0.810 bits per heavy atom. The van der Waals surface area contributed by atoms with Gasteiger partial charge in [-0.2, -0.15) is 0 Å². The highest BCUT2D eigenvalue weighted by Crippen LogP contribution is 2.42. The molecular weight excluding hydrogens is 256 g/mol. The lowest BCUT2D eigenvalue weighted by atomic mass is 10.1. The van der Waals surface area contributed by atoms with E-state index in [4.69, 9.17) is 0 Å². The van der Waals surface area contributed by atoms with Crippen LogP contribution in [-0.2, 0) is 0 Å². The van der Waals surface area contributed by atoms with Crippen molar-refractivity contribution >= 4 is 33.2 Å². The third-order valence-electron chi connectivity index (χ3n) is 4.36. The zero-order chi connectivity index (χ0) is 14.0. The first-order chi connectivity index (χ1) is 10.3. The second-order valence-electron chi connectivity index (χ2n) is 5.70. The smallest absolute Gasteiger partial charge is 0.0777 e. The molecule has 0 saturated heterocycles. The number of hydrogen-bond donors (Lipinski definition) is 1. The summed E-state index contributed by atoms with van der Waals surface area (Å²) in [5, 5.41) is 6.20. The molecule has 0 fully saturated rings. The molecule has 21 heavy (non-hydrogen) atoms. The molecule has 0 radical (unpaired) electrons. The number of aryl methyl sites for hydroxylation is 1. The Morgan fingerprint density at radius 2 is 1.67 bits per heavy atom. The van der Waals surface area contributed by atoms with Crippen LogP contribution in [0.15, 0.2) is 60.7 Å². The summed E-state index contributed by atoms with van der Waals surface area (Å²) >= 11 is 0. The van der Waals surface area contributed by atoms with E-state index < -0.39 is 0 Å². The Balaban J connectivity index is 2.10. The second kappa shape index (κ2) is 3.67. The molecule has 2 heteroatoms. The van der Waals surface area contributed by atoms with Gasteiger partial charge >= 0.3 is 0 Å². The third kappa shape index (κ3) is 1.32. The summed E-state index contributed by atoms with van der Waals surface area (Å²) in [6.07, 6.45) is 0. The zero-order valence-corrected chi connectivity index (χ0v) is 11.7. The summed E-state index contributed by atoms with van der Waals surface area (Å²) in [4.78, 5) is 0. The highest BCUT2D eigenvalue weighted by Gasteiger charge is 2.21. The number of rotatable bonds is 0. The molecule has 1 N–H and O–H groups in total. The Bertz CT molecular complexity index is 1020. The first kappa shape index (κ1) is 11.0. The van der Waals surface area contributed by atoms with E-state index in [1.54, 1.807) is 0 Å². The van der Waals surface area contributed by atoms with Crippen molar-refractivity contribution in [2.45, 2.75) is 6.92 Å². The van der Waals surface area contributed by atoms with Crippen LogP contribution in [0.1, 0.15) is 5.56 Å². The van der Waals surface area contributed by atoms with Gasteiger partial charge in [0.05, 0.1) is 28.1 Å². The number of nitrogens with one attached hydrogen (secondary N) is 1. The number of fused-ring (bicyclic) bond motifs is 5. The maximum absolute atomic E-state index is 3.56. The molecule has 0 unspecified atom stereocenters. The van der Waals surface area contributed by atoms with E-state index >= 15 is 0 Å². The fourth-order valence-corrected chi connectivity index (χ4v) is 3.45. The minimum absolute atomic E-state index is 1.16. The SMILES string of the molecule is Cc1ccc2c(c1)c1cccc3c1n2-c1ccccc1N3. The molecular formula is C19H14N2. The molecule has 0 atom stereocenters. The Labute approximate surface area is 122 Å². The van der Waals surface area contributed by atoms with Crippen LogP contribution in [0, 0.1) is 6.92 Å². The molecule has 0 saturated carbocycles. The van der Waals surface area contributed by atoms with Crippen LogP contribution < -0.4 is 5.32 Å². The van der Waals surface area contributed by atoms with Crippen LogP contribution in [0.5, 0.6) is 0 Å². The van der Waals surface area contributed by atoms with Gasteiger partial charge in [0.25, 0.3) is 0 Å². The number of nitrogens with zero attached hydrogens (tertiary/aromatic N) is 1. The van der Waals surface area contributed by atoms with Gasteiger partial charge in [-0.1, -0.05) is 35.9 Å². The van der Waals surface area contributed by atoms with Crippen LogP contribution in [0.2, 0.25) is 0 Å². The van der Waals surface area contributed by atoms with Gasteiger partial charge in [0.15, 0.2) is 0 Å². The zero-order valence-electron chi connectivity index (χ0n) is 11.7. The molecule has 100 valence electrons. The van der Waals surface area contributed by atoms with Crippen molar-refractivity contribution in [1.82, 2.24) is 4.57 Å². The predicted octanol–water partition coefficient (Wildman–Crippen LogP) is 5.15. The lowest BCUT2D eigenvalue weighted by molar-refractivity contribution is 1.16. The molecule has 2 heterocycles. The number of aromatic nitrogens is 1. The average molecular weight is 270 g/mol. The molecule has 0 spiro atoms. The monoisotopic (exact) mass is 270 g/mol. The molecule has 0 amide bonds. The van der Waals surface area contributed by atoms with Gasteiger partial charge in [-0.15, -0.1) is 0 Å². The van der Waals surface area contributed by atoms with Gasteiger partial charge in [-0.05, 0) is 37.3 Å². The van der Waals surface area contributed by atoms with Gasteiger partial charge in [0.1, 0.15) is 0 Å². The molecule has 5 rings (SSSR count). The number of para-hydroxylation sites is 3. The number of anilines is 2. The minimum Gasteiger partial charge on any atom is -0.352 e. The van der Waals surface area contributed by atoms with Crippen molar-refractivity contribution in [3.8, 4) is 5.69 Å². The highest BCUT2D eigenvalue weighted by molar-refractivity contribution is 6.15. The summed E-state index contributed by atoms with van der Waals surface area (Å²) in [7, 11) is 0. The maximum atomic E-state index is 3.56. The topological polar surface area (TPSA) is 17.0 Å². The summed E-state index contributed by atoms with van der Waals surface area (Å²) in [5.74, 6) is 0. The molecule has 0 aliphatic carbocycles. The van der Waals surface area contributed by atoms with Gasteiger partial charge in [-0.3, -0.25) is 0 Å². The van der Waals surface area contributed by atoms with Gasteiger partial charge in [-0.25, -0.2) is 0 Å². The van der Waals surface area contributed by atoms with Crippen LogP contribution >= 0.6 is 0 Å². The standard InChI is InChI=1S/C19H14N2/c1-12-9-10-17-14(11-12)13-5-4-7-16-19(13)21(17)18-8-3-2-6-15(18)20-16/h2-11,20H,1H3. The van der Waals surface area contributed by atoms with Gasteiger partial charge in [0, 0.05) is 10.8 Å². The highest BCUT2D eigenvalue weighted by atomic mass is 15.1. The van der Waals surface area contributed by atoms with Crippen LogP contribution in [0.25, 0.3) is 27.5 Å². The largest absolute Gasteiger partial charge is 0.352 e. The lowest BCUT2D eigenvalue weighted by Gasteiger charge is -2.21. The quantitative estimate of drug-likeness (QED) is 0.412. The molecule has 0 bridgehead atoms. The summed E-state index contributed by atoms with van der Waals surface area (Å²) in [6, 6.07) is 21.7. The molecule has 3 aromatic carbocycles. The van der Waals surface area contributed by atoms with Crippen molar-refractivity contribution in [3.05, 3.63) is 66.2 Å². The molecule has 1 aliphatic heterocycles. The van der Waals surface area contributed by atoms with E-state index in [9.17, 15) is 0 Å². The van der Waals surface area contributed by atoms with Crippen LogP contribution in [0.4, 0.5) is 11.4 Å². The van der Waals surface area contributed by atoms with E-state index in [0.717, 1.165) is 5.69 Å². The summed E-state index contributed by atoms with van der Waals surface area (Å²) in [5.41, 5.74) is 7.41. The summed E-state index contributed by atoms with van der Waals surface area (Å²) in [6.45, 7) is 2.15. The molecule has 2 nitrogen and oxygen atoms in total. The minimum atomic E-state index is 1.16. The lowest BCUT2D eigenvalue weighted by Crippen LogP contribution is -2.06. The van der Waals surface area contributed by atoms with Crippen molar-refractivity contribution in [1.29, 1.82) is 0 Å². The van der Waals surface area contributed by atoms with E-state index in [1.165, 1.54) is 38.7 Å². The number of hydrogen-bond acceptors (Lipinski definition) is 1. The number of benzene rings is 3. The molecule has 1 aliphatic rings. The van der Waals surface area contributed by atoms with Crippen molar-refractivity contribution < 1.29 is 0 Å². The fraction of sp³-hybridized carbons (Fsp3) is 0.0526. The van der Waals surface area contributed by atoms with Crippen LogP contribution in [-0.4, -0.2) is 4.57 Å². The average Bonchev–Trinajstić information content (AvgIpc) is 2.84. The van der Waals surface area contributed by atoms with Crippen molar-refractivity contribution in [2.75, 3.05) is 5.32 Å². The second-order valence-corrected chi connectivity index (χ2v) is 5.70. The predicted molar refractivity (Wildman–Crippen MR) is 88.8 cm³/mol.